The van der Waals surface area contributed by atoms with Crippen molar-refractivity contribution in [2.75, 3.05) is 18.4 Å². The summed E-state index contributed by atoms with van der Waals surface area (Å²) in [6, 6.07) is 6.47. The highest BCUT2D eigenvalue weighted by Gasteiger charge is 2.12. The Kier molecular flexibility index (Phi) is 4.59. The van der Waals surface area contributed by atoms with Crippen LogP contribution in [0.4, 0.5) is 5.69 Å². The fraction of sp³-hybridized carbons (Fsp3) is 0.500. The van der Waals surface area contributed by atoms with Gasteiger partial charge in [-0.15, -0.1) is 0 Å². The highest BCUT2D eigenvalue weighted by Crippen LogP contribution is 2.26. The first-order valence-corrected chi connectivity index (χ1v) is 6.61. The average Bonchev–Trinajstić information content (AvgIpc) is 2.82. The molecule has 1 amide bonds. The molecule has 1 heterocycles. The molecule has 0 fully saturated rings. The maximum Gasteiger partial charge on any atom is 0.217 e. The molecule has 0 bridgehead atoms. The number of unbranched alkanes of at least 4 members (excludes halogenated alkanes) is 1. The predicted molar refractivity (Wildman–Crippen MR) is 73.4 cm³/mol. The van der Waals surface area contributed by atoms with E-state index >= 15 is 0 Å². The Morgan fingerprint density at radius 3 is 3.11 bits per heavy atom. The molecule has 0 aromatic heterocycles. The van der Waals surface area contributed by atoms with Crippen LogP contribution in [0.3, 0.4) is 0 Å². The number of rotatable bonds is 7. The number of nitrogens with one attached hydrogen (secondary N) is 2. The summed E-state index contributed by atoms with van der Waals surface area (Å²) in [7, 11) is 0. The molecule has 2 rings (SSSR count). The zero-order valence-electron chi connectivity index (χ0n) is 10.7. The van der Waals surface area contributed by atoms with E-state index in [1.54, 1.807) is 0 Å². The summed E-state index contributed by atoms with van der Waals surface area (Å²) < 4.78 is 0. The number of amides is 1. The minimum absolute atomic E-state index is 0.208. The second-order valence-electron chi connectivity index (χ2n) is 4.73. The summed E-state index contributed by atoms with van der Waals surface area (Å²) in [6.45, 7) is 2.86. The van der Waals surface area contributed by atoms with Crippen LogP contribution >= 0.6 is 0 Å². The zero-order valence-corrected chi connectivity index (χ0v) is 10.7. The number of hydrogen-bond donors (Lipinski definition) is 3. The van der Waals surface area contributed by atoms with Crippen molar-refractivity contribution < 1.29 is 4.79 Å². The molecular weight excluding hydrogens is 226 g/mol. The quantitative estimate of drug-likeness (QED) is 0.638. The van der Waals surface area contributed by atoms with E-state index in [0.717, 1.165) is 38.9 Å². The van der Waals surface area contributed by atoms with Gasteiger partial charge in [-0.25, -0.2) is 0 Å². The summed E-state index contributed by atoms with van der Waals surface area (Å²) in [5.41, 5.74) is 9.15. The summed E-state index contributed by atoms with van der Waals surface area (Å²) >= 11 is 0. The van der Waals surface area contributed by atoms with Gasteiger partial charge in [0.05, 0.1) is 0 Å². The van der Waals surface area contributed by atoms with Gasteiger partial charge in [0.2, 0.25) is 5.91 Å². The molecule has 98 valence electrons. The van der Waals surface area contributed by atoms with Gasteiger partial charge < -0.3 is 16.4 Å². The van der Waals surface area contributed by atoms with Crippen molar-refractivity contribution in [3.63, 3.8) is 0 Å². The van der Waals surface area contributed by atoms with E-state index in [1.807, 2.05) is 0 Å². The number of nitrogens with two attached hydrogens (primary N) is 1. The Morgan fingerprint density at radius 2 is 2.28 bits per heavy atom. The summed E-state index contributed by atoms with van der Waals surface area (Å²) in [4.78, 5) is 10.6. The van der Waals surface area contributed by atoms with Crippen LogP contribution in [0, 0.1) is 0 Å². The van der Waals surface area contributed by atoms with E-state index in [9.17, 15) is 4.79 Å². The Balaban J connectivity index is 1.71. The smallest absolute Gasteiger partial charge is 0.217 e. The van der Waals surface area contributed by atoms with Gasteiger partial charge in [0.25, 0.3) is 0 Å². The third kappa shape index (κ3) is 3.47. The van der Waals surface area contributed by atoms with Gasteiger partial charge in [-0.3, -0.25) is 4.79 Å². The molecule has 1 aromatic carbocycles. The normalized spacial score (nSPS) is 13.1. The Bertz CT molecular complexity index is 418. The molecule has 18 heavy (non-hydrogen) atoms. The summed E-state index contributed by atoms with van der Waals surface area (Å²) in [5, 5.41) is 6.85. The first-order valence-electron chi connectivity index (χ1n) is 6.61. The number of para-hydroxylation sites is 1. The van der Waals surface area contributed by atoms with Crippen LogP contribution in [0.1, 0.15) is 30.4 Å². The van der Waals surface area contributed by atoms with Gasteiger partial charge in [0.1, 0.15) is 0 Å². The van der Waals surface area contributed by atoms with Crippen molar-refractivity contribution in [2.24, 2.45) is 5.73 Å². The van der Waals surface area contributed by atoms with Crippen molar-refractivity contribution >= 4 is 11.6 Å². The lowest BCUT2D eigenvalue weighted by Gasteiger charge is -2.09. The number of hydrogen-bond acceptors (Lipinski definition) is 3. The fourth-order valence-electron chi connectivity index (χ4n) is 2.33. The topological polar surface area (TPSA) is 67.2 Å². The molecule has 1 aliphatic rings. The van der Waals surface area contributed by atoms with E-state index in [-0.39, 0.29) is 5.91 Å². The molecule has 1 aromatic rings. The molecule has 0 atom stereocenters. The average molecular weight is 247 g/mol. The summed E-state index contributed by atoms with van der Waals surface area (Å²) in [6.07, 6.45) is 3.48. The minimum atomic E-state index is -0.208. The second-order valence-corrected chi connectivity index (χ2v) is 4.73. The molecule has 0 saturated carbocycles. The fourth-order valence-corrected chi connectivity index (χ4v) is 2.33. The molecule has 0 saturated heterocycles. The van der Waals surface area contributed by atoms with Gasteiger partial charge >= 0.3 is 0 Å². The van der Waals surface area contributed by atoms with Crippen LogP contribution in [-0.2, 0) is 17.8 Å². The number of anilines is 1. The van der Waals surface area contributed by atoms with Crippen LogP contribution < -0.4 is 16.4 Å². The molecule has 0 spiro atoms. The van der Waals surface area contributed by atoms with E-state index < -0.39 is 0 Å². The molecule has 0 unspecified atom stereocenters. The van der Waals surface area contributed by atoms with Gasteiger partial charge in [-0.05, 0) is 36.9 Å². The molecule has 4 nitrogen and oxygen atoms in total. The van der Waals surface area contributed by atoms with Crippen LogP contribution in [0.5, 0.6) is 0 Å². The monoisotopic (exact) mass is 247 g/mol. The van der Waals surface area contributed by atoms with E-state index in [1.165, 1.54) is 16.8 Å². The number of carbonyl (C=O) groups excluding carboxylic acids is 1. The van der Waals surface area contributed by atoms with Crippen LogP contribution in [0.2, 0.25) is 0 Å². The third-order valence-corrected chi connectivity index (χ3v) is 3.28. The SMILES string of the molecule is NC(=O)CCCCNCc1cccc2c1NCC2. The van der Waals surface area contributed by atoms with Gasteiger partial charge in [0.15, 0.2) is 0 Å². The second kappa shape index (κ2) is 6.40. The maximum absolute atomic E-state index is 10.6. The van der Waals surface area contributed by atoms with Crippen molar-refractivity contribution in [2.45, 2.75) is 32.2 Å². The van der Waals surface area contributed by atoms with Crippen molar-refractivity contribution in [3.05, 3.63) is 29.3 Å². The van der Waals surface area contributed by atoms with Crippen LogP contribution in [-0.4, -0.2) is 19.0 Å². The van der Waals surface area contributed by atoms with Crippen molar-refractivity contribution in [1.29, 1.82) is 0 Å². The lowest BCUT2D eigenvalue weighted by Crippen LogP contribution is -2.16. The van der Waals surface area contributed by atoms with E-state index in [2.05, 4.69) is 28.8 Å². The largest absolute Gasteiger partial charge is 0.384 e. The molecule has 1 aliphatic heterocycles. The first-order chi connectivity index (χ1) is 8.77. The number of fused-ring (bicyclic) bond motifs is 1. The molecular formula is C14H21N3O. The standard InChI is InChI=1S/C14H21N3O/c15-13(18)6-1-2-8-16-10-12-5-3-4-11-7-9-17-14(11)12/h3-5,16-17H,1-2,6-10H2,(H2,15,18). The third-order valence-electron chi connectivity index (χ3n) is 3.28. The molecule has 4 heteroatoms. The van der Waals surface area contributed by atoms with Gasteiger partial charge in [0, 0.05) is 25.2 Å². The Morgan fingerprint density at radius 1 is 1.39 bits per heavy atom. The van der Waals surface area contributed by atoms with Gasteiger partial charge in [-0.1, -0.05) is 18.2 Å². The van der Waals surface area contributed by atoms with Gasteiger partial charge in [-0.2, -0.15) is 0 Å². The van der Waals surface area contributed by atoms with E-state index in [4.69, 9.17) is 5.73 Å². The summed E-state index contributed by atoms with van der Waals surface area (Å²) in [5.74, 6) is -0.208. The lowest BCUT2D eigenvalue weighted by atomic mass is 10.1. The molecule has 0 radical (unpaired) electrons. The van der Waals surface area contributed by atoms with Crippen LogP contribution in [0.25, 0.3) is 0 Å². The van der Waals surface area contributed by atoms with Crippen molar-refractivity contribution in [1.82, 2.24) is 5.32 Å². The number of benzene rings is 1. The van der Waals surface area contributed by atoms with Crippen molar-refractivity contribution in [3.8, 4) is 0 Å². The van der Waals surface area contributed by atoms with E-state index in [0.29, 0.717) is 6.42 Å². The Hall–Kier alpha value is -1.55. The highest BCUT2D eigenvalue weighted by molar-refractivity contribution is 5.73. The highest BCUT2D eigenvalue weighted by atomic mass is 16.1. The van der Waals surface area contributed by atoms with Crippen LogP contribution in [0.15, 0.2) is 18.2 Å². The predicted octanol–water partition coefficient (Wildman–Crippen LogP) is 1.40. The minimum Gasteiger partial charge on any atom is -0.384 e. The maximum atomic E-state index is 10.6. The zero-order chi connectivity index (χ0) is 12.8. The lowest BCUT2D eigenvalue weighted by molar-refractivity contribution is -0.118. The number of primary amides is 1. The molecule has 4 N–H and O–H groups in total. The Labute approximate surface area is 108 Å². The first kappa shape index (κ1) is 12.9. The number of carbonyl (C=O) groups is 1. The molecule has 0 aliphatic carbocycles.